The number of hydrogen-bond acceptors (Lipinski definition) is 1. The molecule has 1 unspecified atom stereocenters. The molecule has 0 heterocycles. The molecule has 1 atom stereocenters. The summed E-state index contributed by atoms with van der Waals surface area (Å²) in [5, 5.41) is 9.40. The number of alkyl halides is 1. The van der Waals surface area contributed by atoms with E-state index < -0.39 is 10.8 Å². The maximum atomic E-state index is 10.6. The van der Waals surface area contributed by atoms with E-state index in [-0.39, 0.29) is 0 Å². The van der Waals surface area contributed by atoms with Crippen molar-refractivity contribution in [1.29, 1.82) is 0 Å². The molecule has 76 valence electrons. The van der Waals surface area contributed by atoms with E-state index in [4.69, 9.17) is 16.7 Å². The molecule has 4 heteroatoms. The quantitative estimate of drug-likeness (QED) is 0.862. The van der Waals surface area contributed by atoms with E-state index in [1.54, 1.807) is 6.07 Å². The molecule has 0 fully saturated rings. The molecule has 0 saturated carbocycles. The Labute approximate surface area is 96.0 Å². The van der Waals surface area contributed by atoms with Crippen LogP contribution in [0.4, 0.5) is 0 Å². The number of hydrogen-bond donors (Lipinski definition) is 1. The molecule has 0 aliphatic rings. The smallest absolute Gasteiger partial charge is 0.317 e. The van der Waals surface area contributed by atoms with E-state index in [2.05, 4.69) is 15.9 Å². The van der Waals surface area contributed by atoms with Crippen LogP contribution >= 0.6 is 27.5 Å². The zero-order valence-electron chi connectivity index (χ0n) is 7.63. The molecule has 1 aromatic rings. The van der Waals surface area contributed by atoms with Gasteiger partial charge in [0, 0.05) is 5.02 Å². The average Bonchev–Trinajstić information content (AvgIpc) is 2.12. The first-order valence-corrected chi connectivity index (χ1v) is 5.42. The predicted octanol–water partition coefficient (Wildman–Crippen LogP) is 3.04. The summed E-state index contributed by atoms with van der Waals surface area (Å²) in [5.41, 5.74) is 1.90. The van der Waals surface area contributed by atoms with Gasteiger partial charge in [0.05, 0.1) is 0 Å². The number of carbonyl (C=O) groups is 1. The van der Waals surface area contributed by atoms with Crippen LogP contribution in [0.25, 0.3) is 0 Å². The van der Waals surface area contributed by atoms with E-state index in [9.17, 15) is 4.79 Å². The highest BCUT2D eigenvalue weighted by molar-refractivity contribution is 9.10. The Morgan fingerprint density at radius 3 is 2.86 bits per heavy atom. The summed E-state index contributed by atoms with van der Waals surface area (Å²) in [6.45, 7) is 1.89. The van der Waals surface area contributed by atoms with Crippen LogP contribution in [0.15, 0.2) is 18.2 Å². The van der Waals surface area contributed by atoms with Gasteiger partial charge in [-0.1, -0.05) is 39.7 Å². The maximum Gasteiger partial charge on any atom is 0.317 e. The van der Waals surface area contributed by atoms with Crippen LogP contribution in [0.2, 0.25) is 5.02 Å². The van der Waals surface area contributed by atoms with Gasteiger partial charge in [-0.2, -0.15) is 0 Å². The highest BCUT2D eigenvalue weighted by Crippen LogP contribution is 2.21. The molecule has 0 aromatic heterocycles. The second-order valence-electron chi connectivity index (χ2n) is 3.03. The van der Waals surface area contributed by atoms with Crippen molar-refractivity contribution in [3.05, 3.63) is 34.3 Å². The van der Waals surface area contributed by atoms with E-state index in [1.165, 1.54) is 0 Å². The molecule has 14 heavy (non-hydrogen) atoms. The van der Waals surface area contributed by atoms with Gasteiger partial charge in [0.1, 0.15) is 4.83 Å². The van der Waals surface area contributed by atoms with E-state index in [0.717, 1.165) is 11.1 Å². The zero-order valence-corrected chi connectivity index (χ0v) is 9.97. The van der Waals surface area contributed by atoms with Crippen LogP contribution < -0.4 is 0 Å². The van der Waals surface area contributed by atoms with Crippen LogP contribution in [-0.2, 0) is 11.2 Å². The lowest BCUT2D eigenvalue weighted by Gasteiger charge is -2.08. The fourth-order valence-corrected chi connectivity index (χ4v) is 1.70. The molecule has 1 N–H and O–H groups in total. The number of benzene rings is 1. The Bertz CT molecular complexity index is 352. The monoisotopic (exact) mass is 276 g/mol. The Morgan fingerprint density at radius 1 is 1.64 bits per heavy atom. The van der Waals surface area contributed by atoms with Gasteiger partial charge in [0.15, 0.2) is 0 Å². The second kappa shape index (κ2) is 4.80. The molecule has 1 rings (SSSR count). The lowest BCUT2D eigenvalue weighted by atomic mass is 10.0. The van der Waals surface area contributed by atoms with E-state index in [1.807, 2.05) is 19.1 Å². The normalized spacial score (nSPS) is 12.5. The summed E-state index contributed by atoms with van der Waals surface area (Å²) >= 11 is 9.01. The summed E-state index contributed by atoms with van der Waals surface area (Å²) < 4.78 is 0. The molecule has 0 radical (unpaired) electrons. The highest BCUT2D eigenvalue weighted by Gasteiger charge is 2.15. The van der Waals surface area contributed by atoms with Crippen molar-refractivity contribution < 1.29 is 9.90 Å². The molecule has 2 nitrogen and oxygen atoms in total. The lowest BCUT2D eigenvalue weighted by molar-refractivity contribution is -0.136. The van der Waals surface area contributed by atoms with Crippen LogP contribution in [0.1, 0.15) is 11.1 Å². The van der Waals surface area contributed by atoms with E-state index in [0.29, 0.717) is 11.4 Å². The summed E-state index contributed by atoms with van der Waals surface area (Å²) in [4.78, 5) is 10.1. The fraction of sp³-hybridized carbons (Fsp3) is 0.300. The molecule has 0 amide bonds. The largest absolute Gasteiger partial charge is 0.480 e. The predicted molar refractivity (Wildman–Crippen MR) is 60.2 cm³/mol. The van der Waals surface area contributed by atoms with Gasteiger partial charge in [-0.3, -0.25) is 4.79 Å². The number of halogens is 2. The minimum absolute atomic E-state index is 0.446. The number of rotatable bonds is 3. The van der Waals surface area contributed by atoms with Gasteiger partial charge < -0.3 is 5.11 Å². The van der Waals surface area contributed by atoms with Crippen molar-refractivity contribution in [1.82, 2.24) is 0 Å². The van der Waals surface area contributed by atoms with Crippen molar-refractivity contribution in [2.75, 3.05) is 0 Å². The summed E-state index contributed by atoms with van der Waals surface area (Å²) in [7, 11) is 0. The minimum Gasteiger partial charge on any atom is -0.480 e. The summed E-state index contributed by atoms with van der Waals surface area (Å²) in [6.07, 6.45) is 0.446. The molecule has 0 aliphatic carbocycles. The van der Waals surface area contributed by atoms with Crippen LogP contribution in [-0.4, -0.2) is 15.9 Å². The van der Waals surface area contributed by atoms with Crippen LogP contribution in [0.3, 0.4) is 0 Å². The lowest BCUT2D eigenvalue weighted by Crippen LogP contribution is -2.15. The van der Waals surface area contributed by atoms with Gasteiger partial charge in [0.25, 0.3) is 0 Å². The van der Waals surface area contributed by atoms with Crippen molar-refractivity contribution in [2.24, 2.45) is 0 Å². The Hall–Kier alpha value is -0.540. The van der Waals surface area contributed by atoms with Gasteiger partial charge in [0.2, 0.25) is 0 Å². The van der Waals surface area contributed by atoms with Gasteiger partial charge in [-0.05, 0) is 30.5 Å². The Morgan fingerprint density at radius 2 is 2.29 bits per heavy atom. The van der Waals surface area contributed by atoms with Crippen molar-refractivity contribution in [2.45, 2.75) is 18.2 Å². The average molecular weight is 278 g/mol. The minimum atomic E-state index is -0.857. The SMILES string of the molecule is Cc1c(Cl)cccc1CC(Br)C(=O)O. The standard InChI is InChI=1S/C10H10BrClO2/c1-6-7(3-2-4-9(6)12)5-8(11)10(13)14/h2-4,8H,5H2,1H3,(H,13,14). The van der Waals surface area contributed by atoms with Gasteiger partial charge in [-0.15, -0.1) is 0 Å². The zero-order chi connectivity index (χ0) is 10.7. The molecule has 1 aromatic carbocycles. The third-order valence-electron chi connectivity index (χ3n) is 2.05. The third kappa shape index (κ3) is 2.72. The second-order valence-corrected chi connectivity index (χ2v) is 4.55. The topological polar surface area (TPSA) is 37.3 Å². The third-order valence-corrected chi connectivity index (χ3v) is 3.17. The summed E-state index contributed by atoms with van der Waals surface area (Å²) in [6, 6.07) is 5.51. The van der Waals surface area contributed by atoms with Gasteiger partial charge >= 0.3 is 5.97 Å². The molecular formula is C10H10BrClO2. The van der Waals surface area contributed by atoms with E-state index >= 15 is 0 Å². The van der Waals surface area contributed by atoms with Gasteiger partial charge in [-0.25, -0.2) is 0 Å². The summed E-state index contributed by atoms with van der Waals surface area (Å²) in [5.74, 6) is -0.857. The van der Waals surface area contributed by atoms with Crippen molar-refractivity contribution >= 4 is 33.5 Å². The first-order chi connectivity index (χ1) is 6.52. The molecule has 0 saturated heterocycles. The molecule has 0 spiro atoms. The van der Waals surface area contributed by atoms with Crippen LogP contribution in [0.5, 0.6) is 0 Å². The first-order valence-electron chi connectivity index (χ1n) is 4.13. The maximum absolute atomic E-state index is 10.6. The molecule has 0 aliphatic heterocycles. The van der Waals surface area contributed by atoms with Crippen molar-refractivity contribution in [3.8, 4) is 0 Å². The molecule has 0 bridgehead atoms. The number of aliphatic carboxylic acids is 1. The highest BCUT2D eigenvalue weighted by atomic mass is 79.9. The molecular weight excluding hydrogens is 267 g/mol. The number of carboxylic acid groups (broad SMARTS) is 1. The number of carboxylic acids is 1. The fourth-order valence-electron chi connectivity index (χ4n) is 1.15. The van der Waals surface area contributed by atoms with Crippen LogP contribution in [0, 0.1) is 6.92 Å². The Kier molecular flexibility index (Phi) is 3.96. The Balaban J connectivity index is 2.87. The first kappa shape index (κ1) is 11.5. The van der Waals surface area contributed by atoms with Crippen molar-refractivity contribution in [3.63, 3.8) is 0 Å².